The van der Waals surface area contributed by atoms with Crippen LogP contribution >= 0.6 is 47.8 Å². The van der Waals surface area contributed by atoms with Gasteiger partial charge >= 0.3 is 0 Å². The summed E-state index contributed by atoms with van der Waals surface area (Å²) in [6.07, 6.45) is 0. The zero-order chi connectivity index (χ0) is 19.0. The van der Waals surface area contributed by atoms with Gasteiger partial charge in [0.05, 0.1) is 18.7 Å². The summed E-state index contributed by atoms with van der Waals surface area (Å²) in [5.41, 5.74) is 1.34. The van der Waals surface area contributed by atoms with Gasteiger partial charge in [-0.1, -0.05) is 31.9 Å². The molecule has 0 fully saturated rings. The number of alkyl halides is 2. The molecule has 0 amide bonds. The van der Waals surface area contributed by atoms with Crippen molar-refractivity contribution < 1.29 is 19.1 Å². The molecule has 0 unspecified atom stereocenters. The molecule has 2 rings (SSSR count). The molecular formula is C18H17Br3O4. The normalized spacial score (nSPS) is 9.88. The van der Waals surface area contributed by atoms with Crippen LogP contribution in [0.25, 0.3) is 0 Å². The van der Waals surface area contributed by atoms with Crippen LogP contribution in [0.1, 0.15) is 27.6 Å². The lowest BCUT2D eigenvalue weighted by molar-refractivity contribution is 0.100. The first-order valence-corrected chi connectivity index (χ1v) is 9.73. The molecule has 0 aromatic heterocycles. The number of hydrogen-bond acceptors (Lipinski definition) is 4. The maximum Gasteiger partial charge on any atom is 0.187 e. The van der Waals surface area contributed by atoms with Gasteiger partial charge in [0.25, 0.3) is 0 Å². The molecule has 0 heterocycles. The first-order valence-electron chi connectivity index (χ1n) is 7.11. The standard InChI is InChI=1S/C9H7Br3O2.C9H10O2/c1-14-7-3-2-5(4-6(7)10)8(13)9(11)12;1-7(10)8-3-5-9(11-2)6-4-8/h2-4,9H,1H3;3-6H,1-2H3. The molecule has 7 heteroatoms. The van der Waals surface area contributed by atoms with Crippen molar-refractivity contribution in [2.45, 2.75) is 10.7 Å². The van der Waals surface area contributed by atoms with Gasteiger partial charge in [0.1, 0.15) is 15.2 Å². The van der Waals surface area contributed by atoms with E-state index in [9.17, 15) is 9.59 Å². The van der Waals surface area contributed by atoms with Crippen LogP contribution in [0.3, 0.4) is 0 Å². The van der Waals surface area contributed by atoms with Crippen LogP contribution in [0.4, 0.5) is 0 Å². The summed E-state index contributed by atoms with van der Waals surface area (Å²) in [6, 6.07) is 12.3. The molecule has 0 aliphatic heterocycles. The first-order chi connectivity index (χ1) is 11.8. The van der Waals surface area contributed by atoms with Crippen molar-refractivity contribution in [1.82, 2.24) is 0 Å². The van der Waals surface area contributed by atoms with E-state index in [2.05, 4.69) is 47.8 Å². The monoisotopic (exact) mass is 534 g/mol. The second kappa shape index (κ2) is 10.7. The molecule has 0 radical (unpaired) electrons. The summed E-state index contributed by atoms with van der Waals surface area (Å²) < 4.78 is 10.4. The van der Waals surface area contributed by atoms with Gasteiger partial charge in [0.2, 0.25) is 0 Å². The van der Waals surface area contributed by atoms with E-state index in [-0.39, 0.29) is 15.3 Å². The lowest BCUT2D eigenvalue weighted by atomic mass is 10.1. The Bertz CT molecular complexity index is 728. The molecule has 0 bridgehead atoms. The van der Waals surface area contributed by atoms with E-state index in [0.29, 0.717) is 16.9 Å². The largest absolute Gasteiger partial charge is 0.497 e. The van der Waals surface area contributed by atoms with Crippen molar-refractivity contribution in [2.24, 2.45) is 0 Å². The number of Topliss-reactive ketones (excluding diaryl/α,β-unsaturated/α-hetero) is 2. The number of ketones is 2. The molecule has 0 N–H and O–H groups in total. The molecule has 0 aliphatic rings. The lowest BCUT2D eigenvalue weighted by Crippen LogP contribution is -2.06. The highest BCUT2D eigenvalue weighted by Gasteiger charge is 2.14. The van der Waals surface area contributed by atoms with Gasteiger partial charge in [-0.3, -0.25) is 9.59 Å². The van der Waals surface area contributed by atoms with Crippen molar-refractivity contribution in [3.05, 3.63) is 58.1 Å². The van der Waals surface area contributed by atoms with E-state index < -0.39 is 0 Å². The van der Waals surface area contributed by atoms with Crippen LogP contribution in [0.5, 0.6) is 11.5 Å². The number of carbonyl (C=O) groups excluding carboxylic acids is 2. The molecule has 0 spiro atoms. The summed E-state index contributed by atoms with van der Waals surface area (Å²) in [5.74, 6) is 1.54. The summed E-state index contributed by atoms with van der Waals surface area (Å²) in [4.78, 5) is 22.3. The van der Waals surface area contributed by atoms with Crippen LogP contribution in [0.15, 0.2) is 46.9 Å². The molecule has 134 valence electrons. The minimum Gasteiger partial charge on any atom is -0.497 e. The SMILES string of the molecule is COc1ccc(C(=O)C(Br)Br)cc1Br.COc1ccc(C(C)=O)cc1. The minimum atomic E-state index is -0.352. The lowest BCUT2D eigenvalue weighted by Gasteiger charge is -2.05. The van der Waals surface area contributed by atoms with Crippen LogP contribution < -0.4 is 9.47 Å². The Morgan fingerprint density at radius 3 is 1.88 bits per heavy atom. The molecule has 0 saturated heterocycles. The molecule has 0 atom stereocenters. The van der Waals surface area contributed by atoms with E-state index in [1.807, 2.05) is 0 Å². The number of ether oxygens (including phenoxy) is 2. The van der Waals surface area contributed by atoms with E-state index in [0.717, 1.165) is 10.2 Å². The van der Waals surface area contributed by atoms with Crippen LogP contribution in [-0.2, 0) is 0 Å². The predicted molar refractivity (Wildman–Crippen MR) is 110 cm³/mol. The van der Waals surface area contributed by atoms with Crippen molar-refractivity contribution in [3.63, 3.8) is 0 Å². The zero-order valence-corrected chi connectivity index (χ0v) is 18.6. The highest BCUT2D eigenvalue weighted by molar-refractivity contribution is 9.25. The highest BCUT2D eigenvalue weighted by atomic mass is 79.9. The fourth-order valence-electron chi connectivity index (χ4n) is 1.77. The Morgan fingerprint density at radius 2 is 1.48 bits per heavy atom. The van der Waals surface area contributed by atoms with Gasteiger partial charge in [-0.15, -0.1) is 0 Å². The number of hydrogen-bond donors (Lipinski definition) is 0. The third kappa shape index (κ3) is 6.92. The smallest absolute Gasteiger partial charge is 0.187 e. The minimum absolute atomic E-state index is 0.0200. The third-order valence-electron chi connectivity index (χ3n) is 3.13. The van der Waals surface area contributed by atoms with Crippen LogP contribution in [0.2, 0.25) is 0 Å². The Labute approximate surface area is 172 Å². The fourth-order valence-corrected chi connectivity index (χ4v) is 2.84. The molecule has 4 nitrogen and oxygen atoms in total. The topological polar surface area (TPSA) is 52.6 Å². The van der Waals surface area contributed by atoms with Gasteiger partial charge in [0.15, 0.2) is 11.6 Å². The van der Waals surface area contributed by atoms with Crippen LogP contribution in [0, 0.1) is 0 Å². The zero-order valence-electron chi connectivity index (χ0n) is 13.9. The molecule has 2 aromatic carbocycles. The van der Waals surface area contributed by atoms with Crippen molar-refractivity contribution in [2.75, 3.05) is 14.2 Å². The van der Waals surface area contributed by atoms with E-state index in [4.69, 9.17) is 9.47 Å². The average Bonchev–Trinajstić information content (AvgIpc) is 2.61. The second-order valence-corrected chi connectivity index (χ2v) is 8.71. The van der Waals surface area contributed by atoms with Gasteiger partial charge in [-0.05, 0) is 65.3 Å². The van der Waals surface area contributed by atoms with Crippen LogP contribution in [-0.4, -0.2) is 29.5 Å². The molecule has 0 saturated carbocycles. The molecule has 2 aromatic rings. The van der Waals surface area contributed by atoms with Gasteiger partial charge in [0, 0.05) is 11.1 Å². The summed E-state index contributed by atoms with van der Waals surface area (Å²) in [7, 11) is 3.18. The van der Waals surface area contributed by atoms with Crippen molar-refractivity contribution >= 4 is 59.4 Å². The Hall–Kier alpha value is -1.18. The first kappa shape index (κ1) is 21.9. The van der Waals surface area contributed by atoms with Gasteiger partial charge in [-0.2, -0.15) is 0 Å². The van der Waals surface area contributed by atoms with E-state index in [1.54, 1.807) is 63.6 Å². The number of halogens is 3. The summed E-state index contributed by atoms with van der Waals surface area (Å²) in [6.45, 7) is 1.54. The average molecular weight is 537 g/mol. The van der Waals surface area contributed by atoms with Crippen molar-refractivity contribution in [1.29, 1.82) is 0 Å². The predicted octanol–water partition coefficient (Wildman–Crippen LogP) is 5.65. The number of carbonyl (C=O) groups is 2. The maximum absolute atomic E-state index is 11.5. The maximum atomic E-state index is 11.5. The van der Waals surface area contributed by atoms with Gasteiger partial charge in [-0.25, -0.2) is 0 Å². The summed E-state index contributed by atoms with van der Waals surface area (Å²) in [5, 5.41) is 0. The highest BCUT2D eigenvalue weighted by Crippen LogP contribution is 2.27. The Morgan fingerprint density at radius 1 is 0.920 bits per heavy atom. The fraction of sp³-hybridized carbons (Fsp3) is 0.222. The second-order valence-electron chi connectivity index (χ2n) is 4.80. The Balaban J connectivity index is 0.000000257. The van der Waals surface area contributed by atoms with Crippen molar-refractivity contribution in [3.8, 4) is 11.5 Å². The molecule has 0 aliphatic carbocycles. The van der Waals surface area contributed by atoms with Gasteiger partial charge < -0.3 is 9.47 Å². The number of rotatable bonds is 5. The number of benzene rings is 2. The Kier molecular flexibility index (Phi) is 9.38. The third-order valence-corrected chi connectivity index (χ3v) is 4.58. The number of methoxy groups -OCH3 is 2. The quantitative estimate of drug-likeness (QED) is 0.366. The van der Waals surface area contributed by atoms with E-state index >= 15 is 0 Å². The van der Waals surface area contributed by atoms with E-state index in [1.165, 1.54) is 0 Å². The summed E-state index contributed by atoms with van der Waals surface area (Å²) >= 11 is 9.63. The molecular weight excluding hydrogens is 520 g/mol. The molecule has 25 heavy (non-hydrogen) atoms.